The zero-order chi connectivity index (χ0) is 17.1. The summed E-state index contributed by atoms with van der Waals surface area (Å²) in [6, 6.07) is 0. The standard InChI is InChI=1S/C7H21O9Si7/c1-17-8-20(4)10-18(2)12-22(6)13-19(3)11-21(5,9-17)15-23(7,14-20)16-22/h1-7H3. The van der Waals surface area contributed by atoms with Gasteiger partial charge < -0.3 is 37.0 Å². The van der Waals surface area contributed by atoms with Gasteiger partial charge in [-0.2, -0.15) is 0 Å². The van der Waals surface area contributed by atoms with Crippen molar-refractivity contribution in [3.8, 4) is 0 Å². The molecule has 0 aromatic carbocycles. The van der Waals surface area contributed by atoms with E-state index >= 15 is 0 Å². The van der Waals surface area contributed by atoms with Gasteiger partial charge in [0.05, 0.1) is 0 Å². The second-order valence-corrected chi connectivity index (χ2v) is 23.0. The minimum absolute atomic E-state index is 1.66. The maximum Gasteiger partial charge on any atom is 0.475 e. The minimum atomic E-state index is -3.17. The van der Waals surface area contributed by atoms with Gasteiger partial charge in [0, 0.05) is 26.2 Å². The molecule has 3 aliphatic heterocycles. The Hall–Kier alpha value is 1.16. The van der Waals surface area contributed by atoms with Crippen molar-refractivity contribution in [2.75, 3.05) is 0 Å². The smallest absolute Gasteiger partial charge is 0.394 e. The third-order valence-electron chi connectivity index (χ3n) is 3.09. The third-order valence-corrected chi connectivity index (χ3v) is 27.8. The Bertz CT molecular complexity index is 399. The molecule has 0 saturated carbocycles. The Morgan fingerprint density at radius 1 is 0.435 bits per heavy atom. The van der Waals surface area contributed by atoms with Crippen LogP contribution in [0.1, 0.15) is 0 Å². The summed E-state index contributed by atoms with van der Waals surface area (Å²) in [4.78, 5) is 0. The quantitative estimate of drug-likeness (QED) is 0.503. The lowest BCUT2D eigenvalue weighted by Crippen LogP contribution is -2.74. The van der Waals surface area contributed by atoms with Crippen molar-refractivity contribution < 1.29 is 37.0 Å². The molecule has 0 aliphatic carbocycles. The first-order valence-corrected chi connectivity index (χ1v) is 21.5. The van der Waals surface area contributed by atoms with Crippen LogP contribution in [-0.2, 0) is 37.0 Å². The van der Waals surface area contributed by atoms with Crippen LogP contribution < -0.4 is 0 Å². The fourth-order valence-electron chi connectivity index (χ4n) is 2.89. The van der Waals surface area contributed by atoms with Crippen LogP contribution in [0, 0.1) is 0 Å². The fraction of sp³-hybridized carbons (Fsp3) is 1.00. The van der Waals surface area contributed by atoms with Gasteiger partial charge in [-0.15, -0.1) is 0 Å². The van der Waals surface area contributed by atoms with Gasteiger partial charge in [-0.05, 0) is 19.6 Å². The molecular weight excluding hydrogens is 425 g/mol. The monoisotopic (exact) mass is 445 g/mol. The number of hydrogen-bond acceptors (Lipinski definition) is 9. The Balaban J connectivity index is 2.05. The molecule has 16 heteroatoms. The van der Waals surface area contributed by atoms with E-state index in [0.717, 1.165) is 0 Å². The van der Waals surface area contributed by atoms with Crippen LogP contribution in [0.3, 0.4) is 0 Å². The predicted molar refractivity (Wildman–Crippen MR) is 91.1 cm³/mol. The van der Waals surface area contributed by atoms with Crippen molar-refractivity contribution in [3.05, 3.63) is 0 Å². The molecular formula is C7H21O9Si7. The topological polar surface area (TPSA) is 83.1 Å². The highest BCUT2D eigenvalue weighted by Gasteiger charge is 2.65. The summed E-state index contributed by atoms with van der Waals surface area (Å²) >= 11 is 0. The molecule has 3 radical (unpaired) electrons. The maximum atomic E-state index is 6.25. The fourth-order valence-corrected chi connectivity index (χ4v) is 31.6. The van der Waals surface area contributed by atoms with E-state index in [1.807, 2.05) is 39.3 Å². The summed E-state index contributed by atoms with van der Waals surface area (Å²) in [7, 11) is -17.1. The van der Waals surface area contributed by atoms with E-state index in [9.17, 15) is 0 Å². The highest BCUT2D eigenvalue weighted by atomic mass is 28.6. The molecule has 0 N–H and O–H groups in total. The zero-order valence-electron chi connectivity index (χ0n) is 14.2. The van der Waals surface area contributed by atoms with Crippen LogP contribution in [0.2, 0.25) is 45.8 Å². The predicted octanol–water partition coefficient (Wildman–Crippen LogP) is 0.805. The molecule has 0 aromatic rings. The first-order valence-electron chi connectivity index (χ1n) is 7.17. The maximum absolute atomic E-state index is 6.25. The van der Waals surface area contributed by atoms with Crippen LogP contribution in [0.15, 0.2) is 0 Å². The van der Waals surface area contributed by atoms with Crippen molar-refractivity contribution in [1.29, 1.82) is 0 Å². The van der Waals surface area contributed by atoms with E-state index in [4.69, 9.17) is 37.0 Å². The Morgan fingerprint density at radius 3 is 0.870 bits per heavy atom. The lowest BCUT2D eigenvalue weighted by Gasteiger charge is -2.50. The lowest BCUT2D eigenvalue weighted by atomic mass is 11.9. The zero-order valence-corrected chi connectivity index (χ0v) is 21.2. The van der Waals surface area contributed by atoms with E-state index in [2.05, 4.69) is 0 Å². The average molecular weight is 446 g/mol. The largest absolute Gasteiger partial charge is 0.475 e. The summed E-state index contributed by atoms with van der Waals surface area (Å²) in [5, 5.41) is 0. The van der Waals surface area contributed by atoms with E-state index in [1.54, 1.807) is 6.55 Å². The molecule has 0 aromatic heterocycles. The van der Waals surface area contributed by atoms with Gasteiger partial charge in [-0.3, -0.25) is 0 Å². The van der Waals surface area contributed by atoms with Crippen LogP contribution in [0.5, 0.6) is 0 Å². The summed E-state index contributed by atoms with van der Waals surface area (Å²) in [6.07, 6.45) is 0. The van der Waals surface area contributed by atoms with Crippen LogP contribution >= 0.6 is 0 Å². The number of fused-ring (bicyclic) bond motifs is 3. The van der Waals surface area contributed by atoms with Gasteiger partial charge in [0.25, 0.3) is 0 Å². The first-order chi connectivity index (χ1) is 10.4. The molecule has 3 rings (SSSR count). The highest BCUT2D eigenvalue weighted by Crippen LogP contribution is 2.36. The third kappa shape index (κ3) is 4.29. The molecule has 3 aliphatic rings. The molecule has 131 valence electrons. The Morgan fingerprint density at radius 2 is 0.652 bits per heavy atom. The molecule has 3 heterocycles. The average Bonchev–Trinajstić information content (AvgIpc) is 2.17. The highest BCUT2D eigenvalue weighted by molar-refractivity contribution is 6.93. The van der Waals surface area contributed by atoms with Gasteiger partial charge in [-0.25, -0.2) is 0 Å². The first kappa shape index (κ1) is 18.9. The minimum Gasteiger partial charge on any atom is -0.394 e. The molecule has 0 unspecified atom stereocenters. The van der Waals surface area contributed by atoms with Crippen molar-refractivity contribution in [1.82, 2.24) is 0 Å². The number of rotatable bonds is 0. The van der Waals surface area contributed by atoms with Crippen LogP contribution in [0.25, 0.3) is 0 Å². The molecule has 0 amide bonds. The van der Waals surface area contributed by atoms with Crippen LogP contribution in [0.4, 0.5) is 0 Å². The second kappa shape index (κ2) is 6.10. The summed E-state index contributed by atoms with van der Waals surface area (Å²) in [5.74, 6) is 0. The summed E-state index contributed by atoms with van der Waals surface area (Å²) in [5.41, 5.74) is 0. The molecule has 23 heavy (non-hydrogen) atoms. The van der Waals surface area contributed by atoms with Crippen molar-refractivity contribution in [3.63, 3.8) is 0 Å². The van der Waals surface area contributed by atoms with Gasteiger partial charge in [0.2, 0.25) is 0 Å². The molecule has 4 bridgehead atoms. The lowest BCUT2D eigenvalue weighted by molar-refractivity contribution is 0.0701. The second-order valence-electron chi connectivity index (χ2n) is 5.84. The van der Waals surface area contributed by atoms with E-state index in [-0.39, 0.29) is 0 Å². The Labute approximate surface area is 146 Å². The van der Waals surface area contributed by atoms with Gasteiger partial charge in [-0.1, -0.05) is 0 Å². The molecule has 3 saturated heterocycles. The number of hydrogen-bond donors (Lipinski definition) is 0. The molecule has 0 atom stereocenters. The summed E-state index contributed by atoms with van der Waals surface area (Å²) < 4.78 is 55.2. The van der Waals surface area contributed by atoms with E-state index < -0.39 is 63.1 Å². The molecule has 9 nitrogen and oxygen atoms in total. The normalized spacial score (nSPS) is 50.7. The van der Waals surface area contributed by atoms with E-state index in [1.165, 1.54) is 0 Å². The van der Waals surface area contributed by atoms with Gasteiger partial charge >= 0.3 is 63.1 Å². The molecule has 0 spiro atoms. The SMILES string of the molecule is C[Si]1O[Si]2(C)O[Si](C)O[Si]3(C)O[Si](C)O[Si](C)(O1)O[Si](C)(O2)O3. The molecule has 3 fully saturated rings. The van der Waals surface area contributed by atoms with Gasteiger partial charge in [0.1, 0.15) is 0 Å². The van der Waals surface area contributed by atoms with Crippen LogP contribution in [-0.4, -0.2) is 63.1 Å². The van der Waals surface area contributed by atoms with Crippen molar-refractivity contribution in [2.45, 2.75) is 45.8 Å². The summed E-state index contributed by atoms with van der Waals surface area (Å²) in [6.45, 7) is 12.9. The Kier molecular flexibility index (Phi) is 5.03. The van der Waals surface area contributed by atoms with E-state index in [0.29, 0.717) is 0 Å². The van der Waals surface area contributed by atoms with Gasteiger partial charge in [0.15, 0.2) is 0 Å². The van der Waals surface area contributed by atoms with Crippen molar-refractivity contribution >= 4 is 63.1 Å². The van der Waals surface area contributed by atoms with Crippen molar-refractivity contribution in [2.24, 2.45) is 0 Å².